The number of aromatic nitrogens is 2. The molecule has 3 aromatic heterocycles. The summed E-state index contributed by atoms with van der Waals surface area (Å²) in [7, 11) is 0. The van der Waals surface area contributed by atoms with Gasteiger partial charge in [0.25, 0.3) is 0 Å². The number of furan rings is 1. The molecule has 262 valence electrons. The topological polar surface area (TPSA) is 38.9 Å². The van der Waals surface area contributed by atoms with Gasteiger partial charge < -0.3 is 4.42 Å². The van der Waals surface area contributed by atoms with Gasteiger partial charge in [0.2, 0.25) is 0 Å². The van der Waals surface area contributed by atoms with Gasteiger partial charge in [0.1, 0.15) is 11.2 Å². The third-order valence-corrected chi connectivity index (χ3v) is 12.0. The Hall–Kier alpha value is -7.14. The molecule has 0 radical (unpaired) electrons. The highest BCUT2D eigenvalue weighted by molar-refractivity contribution is 7.26. The van der Waals surface area contributed by atoms with Gasteiger partial charge in [-0.1, -0.05) is 164 Å². The lowest BCUT2D eigenvalue weighted by molar-refractivity contribution is 0.669. The minimum Gasteiger partial charge on any atom is -0.456 e. The van der Waals surface area contributed by atoms with E-state index in [1.54, 1.807) is 0 Å². The summed E-state index contributed by atoms with van der Waals surface area (Å²) in [6.45, 7) is 0. The number of thiophene rings is 1. The molecule has 11 rings (SSSR count). The summed E-state index contributed by atoms with van der Waals surface area (Å²) in [6, 6.07) is 68.4. The van der Waals surface area contributed by atoms with Crippen LogP contribution in [0.15, 0.2) is 199 Å². The van der Waals surface area contributed by atoms with Crippen LogP contribution < -0.4 is 0 Å². The molecule has 0 unspecified atom stereocenters. The van der Waals surface area contributed by atoms with E-state index in [0.717, 1.165) is 61.1 Å². The van der Waals surface area contributed by atoms with Crippen LogP contribution in [0.25, 0.3) is 109 Å². The number of nitrogens with zero attached hydrogens (tertiary/aromatic N) is 2. The van der Waals surface area contributed by atoms with Crippen molar-refractivity contribution in [1.82, 2.24) is 9.97 Å². The third-order valence-electron chi connectivity index (χ3n) is 10.8. The number of hydrogen-bond donors (Lipinski definition) is 0. The van der Waals surface area contributed by atoms with Gasteiger partial charge in [-0.15, -0.1) is 11.3 Å². The molecule has 3 nitrogen and oxygen atoms in total. The molecule has 56 heavy (non-hydrogen) atoms. The van der Waals surface area contributed by atoms with Gasteiger partial charge >= 0.3 is 0 Å². The number of rotatable bonds is 6. The summed E-state index contributed by atoms with van der Waals surface area (Å²) in [5, 5.41) is 4.70. The molecule has 0 aliphatic heterocycles. The predicted octanol–water partition coefficient (Wildman–Crippen LogP) is 14.7. The van der Waals surface area contributed by atoms with Gasteiger partial charge in [0.15, 0.2) is 5.82 Å². The summed E-state index contributed by atoms with van der Waals surface area (Å²) in [5.74, 6) is 0.678. The van der Waals surface area contributed by atoms with Crippen LogP contribution in [0.2, 0.25) is 0 Å². The van der Waals surface area contributed by atoms with E-state index in [2.05, 4.69) is 176 Å². The van der Waals surface area contributed by atoms with Gasteiger partial charge in [-0.3, -0.25) is 0 Å². The van der Waals surface area contributed by atoms with Crippen LogP contribution in [0.1, 0.15) is 0 Å². The second-order valence-corrected chi connectivity index (χ2v) is 15.2. The van der Waals surface area contributed by atoms with E-state index in [0.29, 0.717) is 5.82 Å². The van der Waals surface area contributed by atoms with Crippen LogP contribution >= 0.6 is 11.3 Å². The van der Waals surface area contributed by atoms with Gasteiger partial charge in [0.05, 0.1) is 11.4 Å². The highest BCUT2D eigenvalue weighted by Gasteiger charge is 2.18. The van der Waals surface area contributed by atoms with E-state index < -0.39 is 0 Å². The van der Waals surface area contributed by atoms with Crippen molar-refractivity contribution in [2.75, 3.05) is 0 Å². The molecule has 0 saturated carbocycles. The van der Waals surface area contributed by atoms with E-state index in [9.17, 15) is 0 Å². The fourth-order valence-corrected chi connectivity index (χ4v) is 9.19. The first-order chi connectivity index (χ1) is 27.7. The lowest BCUT2D eigenvalue weighted by Gasteiger charge is -2.11. The number of benzene rings is 8. The highest BCUT2D eigenvalue weighted by atomic mass is 32.1. The molecule has 0 N–H and O–H groups in total. The van der Waals surface area contributed by atoms with Gasteiger partial charge in [-0.05, 0) is 63.7 Å². The second kappa shape index (κ2) is 13.3. The monoisotopic (exact) mass is 732 g/mol. The smallest absolute Gasteiger partial charge is 0.160 e. The van der Waals surface area contributed by atoms with Crippen molar-refractivity contribution in [3.63, 3.8) is 0 Å². The molecule has 0 atom stereocenters. The average Bonchev–Trinajstić information content (AvgIpc) is 3.85. The quantitative estimate of drug-likeness (QED) is 0.171. The molecule has 0 fully saturated rings. The summed E-state index contributed by atoms with van der Waals surface area (Å²) in [5.41, 5.74) is 13.5. The van der Waals surface area contributed by atoms with E-state index in [1.165, 1.54) is 42.4 Å². The Kier molecular flexibility index (Phi) is 7.68. The number of fused-ring (bicyclic) bond motifs is 6. The maximum absolute atomic E-state index is 6.47. The van der Waals surface area contributed by atoms with E-state index in [4.69, 9.17) is 14.4 Å². The third kappa shape index (κ3) is 5.58. The Balaban J connectivity index is 1.02. The first-order valence-corrected chi connectivity index (χ1v) is 19.6. The second-order valence-electron chi connectivity index (χ2n) is 14.1. The maximum atomic E-state index is 6.47. The van der Waals surface area contributed by atoms with Gasteiger partial charge in [0, 0.05) is 47.6 Å². The molecule has 4 heteroatoms. The summed E-state index contributed by atoms with van der Waals surface area (Å²) >= 11 is 1.85. The van der Waals surface area contributed by atoms with Crippen molar-refractivity contribution in [2.24, 2.45) is 0 Å². The molecule has 8 aromatic carbocycles. The SMILES string of the molecule is c1ccc(-c2ccc(-c3ccc4oc5cccc(-c6cc(-c7ccccc7)nc(-c7ccc(-c8cccc9c8sc8ccccc89)cc7)n6)c5c4c3)cc2)cc1. The predicted molar refractivity (Wildman–Crippen MR) is 235 cm³/mol. The Bertz CT molecular complexity index is 3220. The zero-order valence-electron chi connectivity index (χ0n) is 30.2. The number of hydrogen-bond acceptors (Lipinski definition) is 4. The summed E-state index contributed by atoms with van der Waals surface area (Å²) in [4.78, 5) is 10.4. The van der Waals surface area contributed by atoms with Crippen molar-refractivity contribution >= 4 is 53.4 Å². The van der Waals surface area contributed by atoms with Crippen molar-refractivity contribution in [2.45, 2.75) is 0 Å². The first-order valence-electron chi connectivity index (χ1n) is 18.8. The zero-order valence-corrected chi connectivity index (χ0v) is 31.0. The Labute approximate surface area is 327 Å². The van der Waals surface area contributed by atoms with Crippen molar-refractivity contribution in [3.05, 3.63) is 194 Å². The zero-order chi connectivity index (χ0) is 37.0. The van der Waals surface area contributed by atoms with Crippen LogP contribution in [0.3, 0.4) is 0 Å². The molecule has 0 saturated heterocycles. The molecule has 0 aliphatic rings. The summed E-state index contributed by atoms with van der Waals surface area (Å²) < 4.78 is 9.08. The Morgan fingerprint density at radius 3 is 1.75 bits per heavy atom. The van der Waals surface area contributed by atoms with E-state index in [1.807, 2.05) is 29.5 Å². The van der Waals surface area contributed by atoms with Crippen molar-refractivity contribution in [3.8, 4) is 67.3 Å². The molecule has 0 amide bonds. The Morgan fingerprint density at radius 2 is 0.946 bits per heavy atom. The normalized spacial score (nSPS) is 11.6. The standard InChI is InChI=1S/C52H32N2OS/c1-3-11-33(12-4-1)34-21-23-35(24-22-34)39-29-30-47-44(31-39)50-43(18-10-19-48(50)55-47)46-32-45(37-13-5-2-6-14-37)53-52(54-46)38-27-25-36(26-28-38)40-16-9-17-42-41-15-7-8-20-49(41)56-51(40)42/h1-32H. The lowest BCUT2D eigenvalue weighted by Crippen LogP contribution is -1.96. The maximum Gasteiger partial charge on any atom is 0.160 e. The molecule has 0 spiro atoms. The van der Waals surface area contributed by atoms with E-state index in [-0.39, 0.29) is 0 Å². The fraction of sp³-hybridized carbons (Fsp3) is 0. The van der Waals surface area contributed by atoms with Gasteiger partial charge in [-0.25, -0.2) is 9.97 Å². The lowest BCUT2D eigenvalue weighted by atomic mass is 9.97. The molecular weight excluding hydrogens is 701 g/mol. The molecule has 11 aromatic rings. The summed E-state index contributed by atoms with van der Waals surface area (Å²) in [6.07, 6.45) is 0. The van der Waals surface area contributed by atoms with Gasteiger partial charge in [-0.2, -0.15) is 0 Å². The molecule has 0 bridgehead atoms. The van der Waals surface area contributed by atoms with Crippen LogP contribution in [-0.2, 0) is 0 Å². The molecule has 0 aliphatic carbocycles. The highest BCUT2D eigenvalue weighted by Crippen LogP contribution is 2.42. The van der Waals surface area contributed by atoms with Crippen LogP contribution in [0.5, 0.6) is 0 Å². The fourth-order valence-electron chi connectivity index (χ4n) is 7.95. The molecular formula is C52H32N2OS. The average molecular weight is 733 g/mol. The largest absolute Gasteiger partial charge is 0.456 e. The van der Waals surface area contributed by atoms with Crippen molar-refractivity contribution < 1.29 is 4.42 Å². The minimum atomic E-state index is 0.678. The minimum absolute atomic E-state index is 0.678. The van der Waals surface area contributed by atoms with Crippen LogP contribution in [0.4, 0.5) is 0 Å². The first kappa shape index (κ1) is 32.3. The molecule has 3 heterocycles. The van der Waals surface area contributed by atoms with Crippen LogP contribution in [0, 0.1) is 0 Å². The van der Waals surface area contributed by atoms with Crippen LogP contribution in [-0.4, -0.2) is 9.97 Å². The van der Waals surface area contributed by atoms with E-state index >= 15 is 0 Å². The van der Waals surface area contributed by atoms with Crippen molar-refractivity contribution in [1.29, 1.82) is 0 Å². The Morgan fingerprint density at radius 1 is 0.357 bits per heavy atom.